The summed E-state index contributed by atoms with van der Waals surface area (Å²) in [6.07, 6.45) is 0.436. The van der Waals surface area contributed by atoms with Crippen molar-refractivity contribution in [1.82, 2.24) is 5.32 Å². The predicted molar refractivity (Wildman–Crippen MR) is 105 cm³/mol. The highest BCUT2D eigenvalue weighted by molar-refractivity contribution is 7.92. The molecule has 0 heterocycles. The van der Waals surface area contributed by atoms with Crippen LogP contribution in [-0.2, 0) is 14.8 Å². The van der Waals surface area contributed by atoms with E-state index >= 15 is 0 Å². The average molecular weight is 392 g/mol. The molecule has 0 unspecified atom stereocenters. The zero-order chi connectivity index (χ0) is 19.9. The van der Waals surface area contributed by atoms with Gasteiger partial charge < -0.3 is 14.8 Å². The maximum absolute atomic E-state index is 12.1. The Morgan fingerprint density at radius 3 is 2.30 bits per heavy atom. The van der Waals surface area contributed by atoms with Gasteiger partial charge in [-0.05, 0) is 43.3 Å². The SMILES string of the molecule is C[C@H](Oc1ccc(N(C)S(C)(=O)=O)cc1)C(=O)NCCOc1ccccc1. The van der Waals surface area contributed by atoms with E-state index in [4.69, 9.17) is 9.47 Å². The molecule has 2 aromatic carbocycles. The second-order valence-electron chi connectivity index (χ2n) is 5.94. The number of sulfonamides is 1. The van der Waals surface area contributed by atoms with Crippen molar-refractivity contribution in [2.45, 2.75) is 13.0 Å². The number of benzene rings is 2. The summed E-state index contributed by atoms with van der Waals surface area (Å²) in [5.41, 5.74) is 0.514. The van der Waals surface area contributed by atoms with Crippen molar-refractivity contribution in [3.05, 3.63) is 54.6 Å². The molecular formula is C19H24N2O5S. The summed E-state index contributed by atoms with van der Waals surface area (Å²) in [5, 5.41) is 2.75. The number of carbonyl (C=O) groups is 1. The monoisotopic (exact) mass is 392 g/mol. The molecule has 0 saturated carbocycles. The molecule has 2 rings (SSSR count). The van der Waals surface area contributed by atoms with Gasteiger partial charge in [0.2, 0.25) is 10.0 Å². The smallest absolute Gasteiger partial charge is 0.260 e. The van der Waals surface area contributed by atoms with Gasteiger partial charge >= 0.3 is 0 Å². The molecule has 0 fully saturated rings. The number of amides is 1. The summed E-state index contributed by atoms with van der Waals surface area (Å²) in [5.74, 6) is 0.961. The van der Waals surface area contributed by atoms with Crippen molar-refractivity contribution < 1.29 is 22.7 Å². The molecule has 146 valence electrons. The van der Waals surface area contributed by atoms with Crippen LogP contribution in [0.4, 0.5) is 5.69 Å². The Morgan fingerprint density at radius 2 is 1.70 bits per heavy atom. The van der Waals surface area contributed by atoms with Gasteiger partial charge in [-0.1, -0.05) is 18.2 Å². The lowest BCUT2D eigenvalue weighted by atomic mass is 10.3. The van der Waals surface area contributed by atoms with Crippen LogP contribution in [0.15, 0.2) is 54.6 Å². The van der Waals surface area contributed by atoms with Gasteiger partial charge in [0.25, 0.3) is 5.91 Å². The van der Waals surface area contributed by atoms with Gasteiger partial charge in [0.15, 0.2) is 6.10 Å². The molecule has 0 aromatic heterocycles. The van der Waals surface area contributed by atoms with Crippen LogP contribution in [0.1, 0.15) is 6.92 Å². The third-order valence-electron chi connectivity index (χ3n) is 3.79. The van der Waals surface area contributed by atoms with E-state index in [1.165, 1.54) is 11.4 Å². The summed E-state index contributed by atoms with van der Waals surface area (Å²) in [6.45, 7) is 2.36. The van der Waals surface area contributed by atoms with Gasteiger partial charge in [0.05, 0.1) is 18.5 Å². The molecule has 0 aliphatic carbocycles. The van der Waals surface area contributed by atoms with Crippen LogP contribution >= 0.6 is 0 Å². The van der Waals surface area contributed by atoms with E-state index < -0.39 is 16.1 Å². The van der Waals surface area contributed by atoms with Crippen molar-refractivity contribution in [3.63, 3.8) is 0 Å². The average Bonchev–Trinajstić information content (AvgIpc) is 2.65. The number of nitrogens with zero attached hydrogens (tertiary/aromatic N) is 1. The lowest BCUT2D eigenvalue weighted by Gasteiger charge is -2.18. The molecule has 0 aliphatic heterocycles. The van der Waals surface area contributed by atoms with Crippen LogP contribution in [0.3, 0.4) is 0 Å². The van der Waals surface area contributed by atoms with E-state index in [1.807, 2.05) is 30.3 Å². The number of hydrogen-bond donors (Lipinski definition) is 1. The van der Waals surface area contributed by atoms with E-state index in [9.17, 15) is 13.2 Å². The zero-order valence-electron chi connectivity index (χ0n) is 15.6. The largest absolute Gasteiger partial charge is 0.492 e. The Labute approximate surface area is 160 Å². The Bertz CT molecular complexity index is 838. The molecule has 8 heteroatoms. The van der Waals surface area contributed by atoms with Crippen molar-refractivity contribution in [2.75, 3.05) is 30.8 Å². The van der Waals surface area contributed by atoms with Crippen molar-refractivity contribution >= 4 is 21.6 Å². The van der Waals surface area contributed by atoms with Crippen LogP contribution in [-0.4, -0.2) is 46.9 Å². The third-order valence-corrected chi connectivity index (χ3v) is 5.00. The fraction of sp³-hybridized carbons (Fsp3) is 0.316. The second kappa shape index (κ2) is 9.27. The lowest BCUT2D eigenvalue weighted by Crippen LogP contribution is -2.38. The molecule has 0 bridgehead atoms. The van der Waals surface area contributed by atoms with E-state index in [-0.39, 0.29) is 5.91 Å². The first-order chi connectivity index (χ1) is 12.8. The summed E-state index contributed by atoms with van der Waals surface area (Å²) >= 11 is 0. The van der Waals surface area contributed by atoms with E-state index in [2.05, 4.69) is 5.32 Å². The normalized spacial score (nSPS) is 12.1. The van der Waals surface area contributed by atoms with Crippen LogP contribution in [0, 0.1) is 0 Å². The summed E-state index contributed by atoms with van der Waals surface area (Å²) in [7, 11) is -1.85. The van der Waals surface area contributed by atoms with Crippen LogP contribution in [0.2, 0.25) is 0 Å². The molecule has 2 aromatic rings. The predicted octanol–water partition coefficient (Wildman–Crippen LogP) is 2.04. The van der Waals surface area contributed by atoms with Crippen molar-refractivity contribution in [1.29, 1.82) is 0 Å². The molecular weight excluding hydrogens is 368 g/mol. The van der Waals surface area contributed by atoms with E-state index in [0.717, 1.165) is 12.0 Å². The van der Waals surface area contributed by atoms with Gasteiger partial charge in [-0.25, -0.2) is 8.42 Å². The highest BCUT2D eigenvalue weighted by Gasteiger charge is 2.15. The topological polar surface area (TPSA) is 84.9 Å². The number of para-hydroxylation sites is 1. The van der Waals surface area contributed by atoms with Gasteiger partial charge in [-0.15, -0.1) is 0 Å². The maximum Gasteiger partial charge on any atom is 0.260 e. The number of hydrogen-bond acceptors (Lipinski definition) is 5. The van der Waals surface area contributed by atoms with Gasteiger partial charge in [0.1, 0.15) is 18.1 Å². The number of nitrogens with one attached hydrogen (secondary N) is 1. The fourth-order valence-corrected chi connectivity index (χ4v) is 2.69. The molecule has 1 N–H and O–H groups in total. The van der Waals surface area contributed by atoms with Gasteiger partial charge in [0, 0.05) is 7.05 Å². The Kier molecular flexibility index (Phi) is 7.06. The molecule has 1 atom stereocenters. The van der Waals surface area contributed by atoms with E-state index in [0.29, 0.717) is 24.6 Å². The van der Waals surface area contributed by atoms with Crippen molar-refractivity contribution in [3.8, 4) is 11.5 Å². The Hall–Kier alpha value is -2.74. The standard InChI is InChI=1S/C19H24N2O5S/c1-15(19(22)20-13-14-25-17-7-5-4-6-8-17)26-18-11-9-16(10-12-18)21(2)27(3,23)24/h4-12,15H,13-14H2,1-3H3,(H,20,22)/t15-/m0/s1. The number of ether oxygens (including phenoxy) is 2. The van der Waals surface area contributed by atoms with Crippen LogP contribution < -0.4 is 19.1 Å². The minimum absolute atomic E-state index is 0.260. The lowest BCUT2D eigenvalue weighted by molar-refractivity contribution is -0.127. The first-order valence-corrected chi connectivity index (χ1v) is 10.3. The number of carbonyl (C=O) groups excluding carboxylic acids is 1. The van der Waals surface area contributed by atoms with Crippen molar-refractivity contribution in [2.24, 2.45) is 0 Å². The summed E-state index contributed by atoms with van der Waals surface area (Å²) in [6, 6.07) is 15.8. The quantitative estimate of drug-likeness (QED) is 0.660. The number of rotatable bonds is 9. The molecule has 0 aliphatic rings. The summed E-state index contributed by atoms with van der Waals surface area (Å²) < 4.78 is 35.3. The highest BCUT2D eigenvalue weighted by Crippen LogP contribution is 2.21. The molecule has 0 saturated heterocycles. The van der Waals surface area contributed by atoms with Gasteiger partial charge in [-0.2, -0.15) is 0 Å². The molecule has 27 heavy (non-hydrogen) atoms. The summed E-state index contributed by atoms with van der Waals surface area (Å²) in [4.78, 5) is 12.1. The second-order valence-corrected chi connectivity index (χ2v) is 7.95. The van der Waals surface area contributed by atoms with E-state index in [1.54, 1.807) is 31.2 Å². The first-order valence-electron chi connectivity index (χ1n) is 8.43. The Balaban J connectivity index is 1.78. The maximum atomic E-state index is 12.1. The number of anilines is 1. The van der Waals surface area contributed by atoms with Crippen LogP contribution in [0.25, 0.3) is 0 Å². The minimum atomic E-state index is -3.32. The van der Waals surface area contributed by atoms with Crippen LogP contribution in [0.5, 0.6) is 11.5 Å². The third kappa shape index (κ3) is 6.49. The fourth-order valence-electron chi connectivity index (χ4n) is 2.19. The Morgan fingerprint density at radius 1 is 1.07 bits per heavy atom. The molecule has 0 radical (unpaired) electrons. The molecule has 1 amide bonds. The molecule has 0 spiro atoms. The van der Waals surface area contributed by atoms with Gasteiger partial charge in [-0.3, -0.25) is 9.10 Å². The minimum Gasteiger partial charge on any atom is -0.492 e. The molecule has 7 nitrogen and oxygen atoms in total. The first kappa shape index (κ1) is 20.6. The zero-order valence-corrected chi connectivity index (χ0v) is 16.4. The highest BCUT2D eigenvalue weighted by atomic mass is 32.2.